The number of hydrogen-bond acceptors (Lipinski definition) is 5. The molecule has 134 valence electrons. The van der Waals surface area contributed by atoms with E-state index in [1.54, 1.807) is 37.6 Å². The predicted molar refractivity (Wildman–Crippen MR) is 107 cm³/mol. The molecule has 5 heteroatoms. The second-order valence-corrected chi connectivity index (χ2v) is 5.65. The summed E-state index contributed by atoms with van der Waals surface area (Å²) in [4.78, 5) is 12.1. The van der Waals surface area contributed by atoms with Gasteiger partial charge in [0.05, 0.1) is 18.5 Å². The maximum Gasteiger partial charge on any atom is 0.187 e. The zero-order chi connectivity index (χ0) is 18.9. The molecule has 0 spiro atoms. The van der Waals surface area contributed by atoms with Crippen LogP contribution in [0, 0.1) is 0 Å². The van der Waals surface area contributed by atoms with E-state index >= 15 is 0 Å². The van der Waals surface area contributed by atoms with Crippen molar-refractivity contribution in [2.24, 2.45) is 10.2 Å². The van der Waals surface area contributed by atoms with Crippen molar-refractivity contribution in [3.05, 3.63) is 96.7 Å². The van der Waals surface area contributed by atoms with E-state index in [-0.39, 0.29) is 5.78 Å². The number of nitrogens with zero attached hydrogens (tertiary/aromatic N) is 2. The van der Waals surface area contributed by atoms with Gasteiger partial charge in [-0.15, -0.1) is 0 Å². The second kappa shape index (κ2) is 9.10. The number of hydrogen-bond donors (Lipinski definition) is 1. The van der Waals surface area contributed by atoms with Crippen molar-refractivity contribution in [2.45, 2.75) is 0 Å². The Morgan fingerprint density at radius 3 is 2.11 bits per heavy atom. The number of allylic oxidation sites excluding steroid dienone is 1. The quantitative estimate of drug-likeness (QED) is 0.324. The number of benzene rings is 3. The molecule has 0 aromatic heterocycles. The number of azo groups is 1. The van der Waals surface area contributed by atoms with Gasteiger partial charge in [0.1, 0.15) is 5.75 Å². The summed E-state index contributed by atoms with van der Waals surface area (Å²) in [5, 5.41) is 11.4. The lowest BCUT2D eigenvalue weighted by atomic mass is 10.1. The Morgan fingerprint density at radius 1 is 0.852 bits per heavy atom. The van der Waals surface area contributed by atoms with Gasteiger partial charge in [0.2, 0.25) is 0 Å². The number of ketones is 1. The van der Waals surface area contributed by atoms with Gasteiger partial charge in [-0.2, -0.15) is 10.2 Å². The summed E-state index contributed by atoms with van der Waals surface area (Å²) in [5.41, 5.74) is 3.01. The number of methoxy groups -OCH3 is 1. The van der Waals surface area contributed by atoms with E-state index in [9.17, 15) is 4.79 Å². The number of ether oxygens (including phenoxy) is 1. The van der Waals surface area contributed by atoms with E-state index in [0.717, 1.165) is 22.8 Å². The van der Waals surface area contributed by atoms with Gasteiger partial charge in [-0.3, -0.25) is 4.79 Å². The summed E-state index contributed by atoms with van der Waals surface area (Å²) >= 11 is 0. The maximum atomic E-state index is 12.1. The molecule has 0 atom stereocenters. The molecular formula is C22H19N3O2. The molecule has 27 heavy (non-hydrogen) atoms. The fourth-order valence-electron chi connectivity index (χ4n) is 2.30. The van der Waals surface area contributed by atoms with Crippen LogP contribution in [-0.2, 0) is 0 Å². The Morgan fingerprint density at radius 2 is 1.48 bits per heavy atom. The molecule has 0 saturated carbocycles. The predicted octanol–water partition coefficient (Wildman–Crippen LogP) is 5.92. The van der Waals surface area contributed by atoms with E-state index in [1.165, 1.54) is 6.08 Å². The van der Waals surface area contributed by atoms with Crippen LogP contribution in [0.1, 0.15) is 10.4 Å². The molecule has 0 fully saturated rings. The topological polar surface area (TPSA) is 63.0 Å². The number of carbonyl (C=O) groups is 1. The molecule has 0 bridgehead atoms. The molecule has 0 amide bonds. The number of carbonyl (C=O) groups excluding carboxylic acids is 1. The third-order valence-corrected chi connectivity index (χ3v) is 3.76. The van der Waals surface area contributed by atoms with Crippen LogP contribution >= 0.6 is 0 Å². The summed E-state index contributed by atoms with van der Waals surface area (Å²) in [6.07, 6.45) is 3.11. The lowest BCUT2D eigenvalue weighted by Crippen LogP contribution is -1.96. The maximum absolute atomic E-state index is 12.1. The Balaban J connectivity index is 1.55. The van der Waals surface area contributed by atoms with Crippen LogP contribution in [0.2, 0.25) is 0 Å². The van der Waals surface area contributed by atoms with Gasteiger partial charge in [0, 0.05) is 23.5 Å². The minimum atomic E-state index is -0.0848. The molecule has 5 nitrogen and oxygen atoms in total. The van der Waals surface area contributed by atoms with Crippen LogP contribution in [0.3, 0.4) is 0 Å². The van der Waals surface area contributed by atoms with Crippen LogP contribution in [0.15, 0.2) is 101 Å². The van der Waals surface area contributed by atoms with Gasteiger partial charge in [-0.25, -0.2) is 0 Å². The number of nitrogens with one attached hydrogen (secondary N) is 1. The van der Waals surface area contributed by atoms with Gasteiger partial charge in [-0.05, 0) is 60.7 Å². The zero-order valence-corrected chi connectivity index (χ0v) is 14.9. The fraction of sp³-hybridized carbons (Fsp3) is 0.0455. The third-order valence-electron chi connectivity index (χ3n) is 3.76. The number of rotatable bonds is 7. The van der Waals surface area contributed by atoms with E-state index < -0.39 is 0 Å². The van der Waals surface area contributed by atoms with Crippen molar-refractivity contribution in [2.75, 3.05) is 12.4 Å². The average molecular weight is 357 g/mol. The Hall–Kier alpha value is -3.73. The number of anilines is 1. The molecule has 1 N–H and O–H groups in total. The first-order valence-corrected chi connectivity index (χ1v) is 8.43. The minimum Gasteiger partial charge on any atom is -0.497 e. The van der Waals surface area contributed by atoms with Crippen molar-refractivity contribution in [1.29, 1.82) is 0 Å². The molecule has 0 saturated heterocycles. The Labute approximate surface area is 158 Å². The smallest absolute Gasteiger partial charge is 0.187 e. The SMILES string of the molecule is COc1ccc(C(=O)/C=C/Nc2ccc(N=Nc3ccccc3)cc2)cc1. The molecule has 0 aliphatic rings. The first-order chi connectivity index (χ1) is 13.2. The normalized spacial score (nSPS) is 11.0. The van der Waals surface area contributed by atoms with E-state index in [0.29, 0.717) is 5.56 Å². The van der Waals surface area contributed by atoms with Crippen molar-refractivity contribution in [3.8, 4) is 5.75 Å². The van der Waals surface area contributed by atoms with Crippen molar-refractivity contribution in [3.63, 3.8) is 0 Å². The van der Waals surface area contributed by atoms with E-state index in [2.05, 4.69) is 15.5 Å². The van der Waals surface area contributed by atoms with Crippen LogP contribution < -0.4 is 10.1 Å². The summed E-state index contributed by atoms with van der Waals surface area (Å²) in [6, 6.07) is 24.0. The van der Waals surface area contributed by atoms with E-state index in [4.69, 9.17) is 4.74 Å². The Kier molecular flexibility index (Phi) is 6.09. The fourth-order valence-corrected chi connectivity index (χ4v) is 2.30. The third kappa shape index (κ3) is 5.37. The molecule has 0 radical (unpaired) electrons. The van der Waals surface area contributed by atoms with E-state index in [1.807, 2.05) is 54.6 Å². The van der Waals surface area contributed by atoms with Crippen molar-refractivity contribution < 1.29 is 9.53 Å². The van der Waals surface area contributed by atoms with Gasteiger partial charge >= 0.3 is 0 Å². The average Bonchev–Trinajstić information content (AvgIpc) is 2.74. The van der Waals surface area contributed by atoms with Crippen LogP contribution in [-0.4, -0.2) is 12.9 Å². The zero-order valence-electron chi connectivity index (χ0n) is 14.9. The van der Waals surface area contributed by atoms with Gasteiger partial charge < -0.3 is 10.1 Å². The van der Waals surface area contributed by atoms with Crippen molar-refractivity contribution >= 4 is 22.8 Å². The molecule has 0 heterocycles. The van der Waals surface area contributed by atoms with Crippen molar-refractivity contribution in [1.82, 2.24) is 0 Å². The summed E-state index contributed by atoms with van der Waals surface area (Å²) in [6.45, 7) is 0. The Bertz CT molecular complexity index is 932. The first kappa shape index (κ1) is 18.1. The first-order valence-electron chi connectivity index (χ1n) is 8.43. The largest absolute Gasteiger partial charge is 0.497 e. The molecule has 0 unspecified atom stereocenters. The molecular weight excluding hydrogens is 338 g/mol. The van der Waals surface area contributed by atoms with Crippen LogP contribution in [0.4, 0.5) is 17.1 Å². The second-order valence-electron chi connectivity index (χ2n) is 5.65. The highest BCUT2D eigenvalue weighted by molar-refractivity contribution is 6.04. The van der Waals surface area contributed by atoms with Gasteiger partial charge in [0.15, 0.2) is 5.78 Å². The summed E-state index contributed by atoms with van der Waals surface area (Å²) < 4.78 is 5.08. The molecule has 3 aromatic rings. The van der Waals surface area contributed by atoms with Gasteiger partial charge in [0.25, 0.3) is 0 Å². The molecule has 0 aliphatic heterocycles. The molecule has 3 aromatic carbocycles. The monoisotopic (exact) mass is 357 g/mol. The highest BCUT2D eigenvalue weighted by Crippen LogP contribution is 2.20. The standard InChI is InChI=1S/C22H19N3O2/c1-27-21-13-7-17(8-14-21)22(26)15-16-23-18-9-11-20(12-10-18)25-24-19-5-3-2-4-6-19/h2-16,23H,1H3/b16-15+,25-24?. The van der Waals surface area contributed by atoms with Crippen LogP contribution in [0.25, 0.3) is 0 Å². The molecule has 0 aliphatic carbocycles. The highest BCUT2D eigenvalue weighted by atomic mass is 16.5. The minimum absolute atomic E-state index is 0.0848. The summed E-state index contributed by atoms with van der Waals surface area (Å²) in [7, 11) is 1.59. The summed E-state index contributed by atoms with van der Waals surface area (Å²) in [5.74, 6) is 0.636. The highest BCUT2D eigenvalue weighted by Gasteiger charge is 2.01. The lowest BCUT2D eigenvalue weighted by molar-refractivity contribution is 0.104. The molecule has 3 rings (SSSR count). The van der Waals surface area contributed by atoms with Gasteiger partial charge in [-0.1, -0.05) is 18.2 Å². The lowest BCUT2D eigenvalue weighted by Gasteiger charge is -2.02. The van der Waals surface area contributed by atoms with Crippen LogP contribution in [0.5, 0.6) is 5.75 Å².